The van der Waals surface area contributed by atoms with Crippen LogP contribution in [0.4, 0.5) is 0 Å². The molecule has 0 saturated heterocycles. The van der Waals surface area contributed by atoms with Crippen LogP contribution in [0.15, 0.2) is 41.3 Å². The molecular formula is C14H15N5O2. The maximum Gasteiger partial charge on any atom is 0.243 e. The lowest BCUT2D eigenvalue weighted by Crippen LogP contribution is -2.14. The first kappa shape index (κ1) is 13.3. The molecule has 0 aliphatic heterocycles. The molecule has 21 heavy (non-hydrogen) atoms. The van der Waals surface area contributed by atoms with Crippen molar-refractivity contribution in [1.82, 2.24) is 20.1 Å². The predicted octanol–water partition coefficient (Wildman–Crippen LogP) is 1.33. The van der Waals surface area contributed by atoms with Gasteiger partial charge in [-0.3, -0.25) is 0 Å². The molecular weight excluding hydrogens is 270 g/mol. The molecule has 0 unspecified atom stereocenters. The third kappa shape index (κ3) is 3.26. The Kier molecular flexibility index (Phi) is 3.65. The lowest BCUT2D eigenvalue weighted by atomic mass is 10.1. The third-order valence-electron chi connectivity index (χ3n) is 3.09. The highest BCUT2D eigenvalue weighted by molar-refractivity contribution is 5.27. The second kappa shape index (κ2) is 5.76. The Balaban J connectivity index is 1.66. The Morgan fingerprint density at radius 2 is 2.10 bits per heavy atom. The second-order valence-corrected chi connectivity index (χ2v) is 4.78. The number of hydrogen-bond donors (Lipinski definition) is 3. The Labute approximate surface area is 120 Å². The third-order valence-corrected chi connectivity index (χ3v) is 3.09. The summed E-state index contributed by atoms with van der Waals surface area (Å²) in [5.74, 6) is 1.20. The van der Waals surface area contributed by atoms with Gasteiger partial charge in [-0.05, 0) is 17.7 Å². The van der Waals surface area contributed by atoms with Crippen LogP contribution in [-0.2, 0) is 12.8 Å². The Morgan fingerprint density at radius 3 is 2.81 bits per heavy atom. The minimum atomic E-state index is -0.369. The van der Waals surface area contributed by atoms with E-state index in [0.717, 1.165) is 11.3 Å². The van der Waals surface area contributed by atoms with Gasteiger partial charge in [0.05, 0.1) is 12.4 Å². The summed E-state index contributed by atoms with van der Waals surface area (Å²) in [7, 11) is 0. The smallest absolute Gasteiger partial charge is 0.243 e. The molecule has 0 spiro atoms. The molecule has 2 aromatic heterocycles. The average molecular weight is 285 g/mol. The molecule has 108 valence electrons. The van der Waals surface area contributed by atoms with E-state index in [1.54, 1.807) is 24.7 Å². The summed E-state index contributed by atoms with van der Waals surface area (Å²) in [6.45, 7) is 0. The molecule has 1 aromatic carbocycles. The number of phenols is 1. The van der Waals surface area contributed by atoms with Gasteiger partial charge in [0, 0.05) is 24.7 Å². The minimum Gasteiger partial charge on any atom is -0.508 e. The molecule has 0 aliphatic carbocycles. The van der Waals surface area contributed by atoms with Crippen molar-refractivity contribution >= 4 is 0 Å². The summed E-state index contributed by atoms with van der Waals surface area (Å²) in [4.78, 5) is 11.2. The van der Waals surface area contributed by atoms with E-state index < -0.39 is 0 Å². The van der Waals surface area contributed by atoms with Gasteiger partial charge < -0.3 is 20.3 Å². The summed E-state index contributed by atoms with van der Waals surface area (Å²) >= 11 is 0. The maximum absolute atomic E-state index is 9.25. The fraction of sp³-hybridized carbons (Fsp3) is 0.214. The predicted molar refractivity (Wildman–Crippen MR) is 74.4 cm³/mol. The van der Waals surface area contributed by atoms with E-state index in [1.807, 2.05) is 12.1 Å². The largest absolute Gasteiger partial charge is 0.508 e. The van der Waals surface area contributed by atoms with E-state index in [2.05, 4.69) is 20.1 Å². The second-order valence-electron chi connectivity index (χ2n) is 4.78. The zero-order valence-electron chi connectivity index (χ0n) is 11.2. The van der Waals surface area contributed by atoms with Crippen LogP contribution in [0.2, 0.25) is 0 Å². The normalized spacial score (nSPS) is 12.4. The van der Waals surface area contributed by atoms with Crippen molar-refractivity contribution in [2.75, 3.05) is 0 Å². The van der Waals surface area contributed by atoms with Crippen LogP contribution >= 0.6 is 0 Å². The number of nitrogens with zero attached hydrogens (tertiary/aromatic N) is 3. The van der Waals surface area contributed by atoms with Crippen molar-refractivity contribution < 1.29 is 9.63 Å². The fourth-order valence-corrected chi connectivity index (χ4v) is 2.01. The highest BCUT2D eigenvalue weighted by Gasteiger charge is 2.16. The van der Waals surface area contributed by atoms with Crippen molar-refractivity contribution in [3.05, 3.63) is 59.8 Å². The van der Waals surface area contributed by atoms with Gasteiger partial charge in [0.25, 0.3) is 0 Å². The summed E-state index contributed by atoms with van der Waals surface area (Å²) in [6, 6.07) is 6.51. The number of nitrogens with two attached hydrogens (primary N) is 1. The van der Waals surface area contributed by atoms with Crippen LogP contribution in [0.3, 0.4) is 0 Å². The lowest BCUT2D eigenvalue weighted by Gasteiger charge is -2.03. The maximum atomic E-state index is 9.25. The lowest BCUT2D eigenvalue weighted by molar-refractivity contribution is 0.350. The monoisotopic (exact) mass is 285 g/mol. The number of rotatable bonds is 5. The molecule has 2 heterocycles. The van der Waals surface area contributed by atoms with Crippen molar-refractivity contribution in [3.63, 3.8) is 0 Å². The Morgan fingerprint density at radius 1 is 1.29 bits per heavy atom. The molecule has 3 rings (SSSR count). The van der Waals surface area contributed by atoms with Gasteiger partial charge >= 0.3 is 0 Å². The molecule has 7 nitrogen and oxygen atoms in total. The molecule has 3 aromatic rings. The number of aromatic hydroxyl groups is 1. The van der Waals surface area contributed by atoms with Gasteiger partial charge in [-0.25, -0.2) is 4.98 Å². The summed E-state index contributed by atoms with van der Waals surface area (Å²) in [5.41, 5.74) is 7.94. The van der Waals surface area contributed by atoms with Gasteiger partial charge in [-0.1, -0.05) is 17.3 Å². The van der Waals surface area contributed by atoms with Crippen molar-refractivity contribution in [2.24, 2.45) is 5.73 Å². The zero-order valence-corrected chi connectivity index (χ0v) is 11.2. The van der Waals surface area contributed by atoms with Crippen LogP contribution in [0.25, 0.3) is 0 Å². The molecule has 0 radical (unpaired) electrons. The fourth-order valence-electron chi connectivity index (χ4n) is 2.01. The van der Waals surface area contributed by atoms with E-state index in [-0.39, 0.29) is 11.8 Å². The first-order chi connectivity index (χ1) is 10.2. The van der Waals surface area contributed by atoms with E-state index >= 15 is 0 Å². The number of aromatic nitrogens is 4. The Hall–Kier alpha value is -2.67. The van der Waals surface area contributed by atoms with Crippen LogP contribution in [-0.4, -0.2) is 25.2 Å². The molecule has 1 atom stereocenters. The van der Waals surface area contributed by atoms with Gasteiger partial charge in [-0.2, -0.15) is 4.98 Å². The molecule has 0 aliphatic rings. The number of phenolic OH excluding ortho intramolecular Hbond substituents is 1. The van der Waals surface area contributed by atoms with Crippen molar-refractivity contribution in [2.45, 2.75) is 18.9 Å². The summed E-state index contributed by atoms with van der Waals surface area (Å²) in [6.07, 6.45) is 4.40. The van der Waals surface area contributed by atoms with Crippen LogP contribution in [0.5, 0.6) is 5.75 Å². The van der Waals surface area contributed by atoms with Crippen molar-refractivity contribution in [3.8, 4) is 5.75 Å². The van der Waals surface area contributed by atoms with Gasteiger partial charge in [0.15, 0.2) is 5.82 Å². The van der Waals surface area contributed by atoms with E-state index in [9.17, 15) is 5.11 Å². The standard InChI is InChI=1S/C14H15N5O2/c15-12(6-10-7-16-8-17-10)14-18-13(19-21-14)5-9-1-3-11(20)4-2-9/h1-4,7-8,12,20H,5-6,15H2,(H,16,17)/t12-/m0/s1. The number of hydrogen-bond acceptors (Lipinski definition) is 6. The first-order valence-corrected chi connectivity index (χ1v) is 6.54. The van der Waals surface area contributed by atoms with Crippen LogP contribution in [0, 0.1) is 0 Å². The molecule has 0 fully saturated rings. The topological polar surface area (TPSA) is 114 Å². The highest BCUT2D eigenvalue weighted by Crippen LogP contribution is 2.15. The van der Waals surface area contributed by atoms with E-state index in [0.29, 0.717) is 24.6 Å². The van der Waals surface area contributed by atoms with Gasteiger partial charge in [0.1, 0.15) is 5.75 Å². The highest BCUT2D eigenvalue weighted by atomic mass is 16.5. The van der Waals surface area contributed by atoms with Crippen LogP contribution < -0.4 is 5.73 Å². The number of nitrogens with one attached hydrogen (secondary N) is 1. The summed E-state index contributed by atoms with van der Waals surface area (Å²) < 4.78 is 5.20. The molecule has 4 N–H and O–H groups in total. The molecule has 0 saturated carbocycles. The SMILES string of the molecule is N[C@@H](Cc1cnc[nH]1)c1nc(Cc2ccc(O)cc2)no1. The van der Waals surface area contributed by atoms with Gasteiger partial charge in [-0.15, -0.1) is 0 Å². The minimum absolute atomic E-state index is 0.231. The quantitative estimate of drug-likeness (QED) is 0.651. The summed E-state index contributed by atoms with van der Waals surface area (Å²) in [5, 5.41) is 13.2. The molecule has 7 heteroatoms. The molecule has 0 bridgehead atoms. The number of imidazole rings is 1. The zero-order chi connectivity index (χ0) is 14.7. The number of H-pyrrole nitrogens is 1. The Bertz CT molecular complexity index is 690. The van der Waals surface area contributed by atoms with Gasteiger partial charge in [0.2, 0.25) is 5.89 Å². The number of benzene rings is 1. The van der Waals surface area contributed by atoms with Crippen LogP contribution in [0.1, 0.15) is 29.0 Å². The first-order valence-electron chi connectivity index (χ1n) is 6.54. The average Bonchev–Trinajstić information content (AvgIpc) is 3.13. The van der Waals surface area contributed by atoms with E-state index in [4.69, 9.17) is 10.3 Å². The number of aromatic amines is 1. The van der Waals surface area contributed by atoms with E-state index in [1.165, 1.54) is 0 Å². The van der Waals surface area contributed by atoms with Crippen molar-refractivity contribution in [1.29, 1.82) is 0 Å². The molecule has 0 amide bonds.